The summed E-state index contributed by atoms with van der Waals surface area (Å²) in [6.07, 6.45) is -2.60. The molecule has 182 valence electrons. The third kappa shape index (κ3) is 6.34. The summed E-state index contributed by atoms with van der Waals surface area (Å²) >= 11 is -0.750. The topological polar surface area (TPSA) is 80.8 Å². The molecule has 1 heterocycles. The first kappa shape index (κ1) is 25.7. The standard InChI is InChI=1S/C25H27F2NO3.O2S/c1-16-7-9-19(10-8-16)21(12-18-13-22(26)23(27)14-18)24(29)28-20(15-31-25(28)30)11-17-5-3-2-4-6-17;1-3-2/h2-10,18,20-23H,11-15H2,1H3;/t18?,20-,21?,22-,23+;/m1./s1. The summed E-state index contributed by atoms with van der Waals surface area (Å²) in [6.45, 7) is 2.09. The Morgan fingerprint density at radius 1 is 1.06 bits per heavy atom. The van der Waals surface area contributed by atoms with E-state index in [0.29, 0.717) is 12.8 Å². The fourth-order valence-corrected chi connectivity index (χ4v) is 4.67. The highest BCUT2D eigenvalue weighted by molar-refractivity contribution is 7.51. The van der Waals surface area contributed by atoms with E-state index < -0.39 is 42.0 Å². The van der Waals surface area contributed by atoms with Gasteiger partial charge >= 0.3 is 17.7 Å². The molecule has 0 N–H and O–H groups in total. The van der Waals surface area contributed by atoms with Gasteiger partial charge in [-0.1, -0.05) is 60.2 Å². The van der Waals surface area contributed by atoms with Gasteiger partial charge in [-0.05, 0) is 49.7 Å². The number of ether oxygens (including phenoxy) is 1. The molecule has 34 heavy (non-hydrogen) atoms. The van der Waals surface area contributed by atoms with E-state index in [2.05, 4.69) is 0 Å². The minimum absolute atomic E-state index is 0.106. The maximum Gasteiger partial charge on any atom is 0.417 e. The van der Waals surface area contributed by atoms with Gasteiger partial charge in [0.2, 0.25) is 5.91 Å². The number of halogens is 2. The lowest BCUT2D eigenvalue weighted by Gasteiger charge is -2.27. The number of imide groups is 1. The Balaban J connectivity index is 0.00000103. The lowest BCUT2D eigenvalue weighted by molar-refractivity contribution is -0.131. The molecule has 2 unspecified atom stereocenters. The van der Waals surface area contributed by atoms with E-state index in [4.69, 9.17) is 13.2 Å². The Morgan fingerprint density at radius 2 is 1.65 bits per heavy atom. The van der Waals surface area contributed by atoms with Crippen LogP contribution in [0.5, 0.6) is 0 Å². The van der Waals surface area contributed by atoms with E-state index in [1.165, 1.54) is 4.90 Å². The van der Waals surface area contributed by atoms with Gasteiger partial charge in [0.25, 0.3) is 0 Å². The van der Waals surface area contributed by atoms with E-state index in [0.717, 1.165) is 16.7 Å². The largest absolute Gasteiger partial charge is 0.447 e. The van der Waals surface area contributed by atoms with Crippen LogP contribution in [0.25, 0.3) is 0 Å². The first-order chi connectivity index (χ1) is 16.3. The van der Waals surface area contributed by atoms with Crippen molar-refractivity contribution in [2.24, 2.45) is 5.92 Å². The van der Waals surface area contributed by atoms with E-state index in [1.807, 2.05) is 61.5 Å². The van der Waals surface area contributed by atoms with E-state index in [1.54, 1.807) is 0 Å². The Kier molecular flexibility index (Phi) is 9.04. The number of aryl methyl sites for hydroxylation is 1. The second-order valence-electron chi connectivity index (χ2n) is 8.77. The van der Waals surface area contributed by atoms with Crippen molar-refractivity contribution < 1.29 is 31.5 Å². The van der Waals surface area contributed by atoms with Gasteiger partial charge < -0.3 is 4.74 Å². The summed E-state index contributed by atoms with van der Waals surface area (Å²) in [5, 5.41) is 0. The molecule has 2 aromatic carbocycles. The third-order valence-corrected chi connectivity index (χ3v) is 6.37. The number of hydrogen-bond acceptors (Lipinski definition) is 5. The zero-order valence-corrected chi connectivity index (χ0v) is 19.6. The molecule has 2 fully saturated rings. The highest BCUT2D eigenvalue weighted by Crippen LogP contribution is 2.39. The second kappa shape index (κ2) is 12.0. The fraction of sp³-hybridized carbons (Fsp3) is 0.440. The van der Waals surface area contributed by atoms with Gasteiger partial charge in [0.15, 0.2) is 0 Å². The fourth-order valence-electron chi connectivity index (χ4n) is 4.67. The van der Waals surface area contributed by atoms with Gasteiger partial charge in [-0.25, -0.2) is 18.5 Å². The average Bonchev–Trinajstić information content (AvgIpc) is 3.34. The van der Waals surface area contributed by atoms with Crippen molar-refractivity contribution in [3.8, 4) is 0 Å². The number of alkyl halides is 2. The zero-order chi connectivity index (χ0) is 24.7. The smallest absolute Gasteiger partial charge is 0.417 e. The Labute approximate surface area is 200 Å². The number of hydrogen-bond donors (Lipinski definition) is 0. The lowest BCUT2D eigenvalue weighted by atomic mass is 9.86. The maximum absolute atomic E-state index is 13.8. The molecule has 6 nitrogen and oxygen atoms in total. The molecule has 1 aliphatic carbocycles. The summed E-state index contributed by atoms with van der Waals surface area (Å²) in [7, 11) is 0. The summed E-state index contributed by atoms with van der Waals surface area (Å²) in [5.74, 6) is -1.25. The number of amides is 2. The minimum Gasteiger partial charge on any atom is -0.447 e. The van der Waals surface area contributed by atoms with E-state index in [9.17, 15) is 18.4 Å². The normalized spacial score (nSPS) is 24.7. The number of rotatable bonds is 6. The van der Waals surface area contributed by atoms with Gasteiger partial charge in [0, 0.05) is 0 Å². The summed E-state index contributed by atoms with van der Waals surface area (Å²) in [5.41, 5.74) is 2.81. The summed E-state index contributed by atoms with van der Waals surface area (Å²) < 4.78 is 49.4. The van der Waals surface area contributed by atoms with Crippen LogP contribution in [0.2, 0.25) is 0 Å². The first-order valence-electron chi connectivity index (χ1n) is 11.1. The van der Waals surface area contributed by atoms with Crippen molar-refractivity contribution in [1.82, 2.24) is 4.90 Å². The SMILES string of the molecule is Cc1ccc(C(CC2C[C@@H](F)[C@@H](F)C2)C(=O)N2C(=O)OC[C@H]2Cc2ccccc2)cc1.O=S=O. The van der Waals surface area contributed by atoms with E-state index in [-0.39, 0.29) is 31.3 Å². The molecule has 0 bridgehead atoms. The van der Waals surface area contributed by atoms with Gasteiger partial charge in [-0.3, -0.25) is 4.79 Å². The quantitative estimate of drug-likeness (QED) is 0.596. The molecule has 0 spiro atoms. The zero-order valence-electron chi connectivity index (χ0n) is 18.8. The molecular weight excluding hydrogens is 464 g/mol. The molecule has 0 aromatic heterocycles. The van der Waals surface area contributed by atoms with Crippen LogP contribution in [-0.4, -0.2) is 50.3 Å². The van der Waals surface area contributed by atoms with Crippen LogP contribution in [0.4, 0.5) is 13.6 Å². The number of nitrogens with zero attached hydrogens (tertiary/aromatic N) is 1. The Morgan fingerprint density at radius 3 is 2.24 bits per heavy atom. The maximum atomic E-state index is 13.8. The highest BCUT2D eigenvalue weighted by atomic mass is 32.1. The van der Waals surface area contributed by atoms with Crippen LogP contribution < -0.4 is 0 Å². The second-order valence-corrected chi connectivity index (χ2v) is 8.90. The predicted molar refractivity (Wildman–Crippen MR) is 122 cm³/mol. The van der Waals surface area contributed by atoms with Crippen LogP contribution in [0.15, 0.2) is 54.6 Å². The van der Waals surface area contributed by atoms with Crippen LogP contribution in [0.3, 0.4) is 0 Å². The van der Waals surface area contributed by atoms with Crippen molar-refractivity contribution in [2.75, 3.05) is 6.61 Å². The average molecular weight is 492 g/mol. The van der Waals surface area contributed by atoms with Crippen molar-refractivity contribution in [3.63, 3.8) is 0 Å². The Hall–Kier alpha value is -2.94. The number of carbonyl (C=O) groups is 2. The van der Waals surface area contributed by atoms with Gasteiger partial charge in [-0.2, -0.15) is 8.42 Å². The molecule has 2 amide bonds. The van der Waals surface area contributed by atoms with Crippen LogP contribution in [-0.2, 0) is 27.5 Å². The molecule has 0 radical (unpaired) electrons. The highest BCUT2D eigenvalue weighted by Gasteiger charge is 2.43. The van der Waals surface area contributed by atoms with E-state index >= 15 is 0 Å². The van der Waals surface area contributed by atoms with Crippen LogP contribution >= 0.6 is 0 Å². The third-order valence-electron chi connectivity index (χ3n) is 6.37. The molecule has 4 rings (SSSR count). The van der Waals surface area contributed by atoms with Crippen molar-refractivity contribution in [3.05, 3.63) is 71.3 Å². The molecule has 2 aliphatic rings. The Bertz CT molecular complexity index is 1000. The molecule has 9 heteroatoms. The predicted octanol–water partition coefficient (Wildman–Crippen LogP) is 4.47. The van der Waals surface area contributed by atoms with Gasteiger partial charge in [0.05, 0.1) is 12.0 Å². The summed E-state index contributed by atoms with van der Waals surface area (Å²) in [4.78, 5) is 27.4. The first-order valence-corrected chi connectivity index (χ1v) is 11.8. The van der Waals surface area contributed by atoms with Gasteiger partial charge in [0.1, 0.15) is 19.0 Å². The molecule has 2 aromatic rings. The number of benzene rings is 2. The minimum atomic E-state index is -1.48. The van der Waals surface area contributed by atoms with Crippen molar-refractivity contribution >= 4 is 23.6 Å². The number of cyclic esters (lactones) is 1. The van der Waals surface area contributed by atoms with Gasteiger partial charge in [-0.15, -0.1) is 0 Å². The molecule has 5 atom stereocenters. The molecule has 1 aliphatic heterocycles. The van der Waals surface area contributed by atoms with Crippen molar-refractivity contribution in [2.45, 2.75) is 56.9 Å². The molecular formula is C25H27F2NO5S. The number of carbonyl (C=O) groups excluding carboxylic acids is 2. The van der Waals surface area contributed by atoms with Crippen LogP contribution in [0.1, 0.15) is 41.9 Å². The van der Waals surface area contributed by atoms with Crippen molar-refractivity contribution in [1.29, 1.82) is 0 Å². The molecule has 1 saturated heterocycles. The van der Waals surface area contributed by atoms with Crippen LogP contribution in [0, 0.1) is 12.8 Å². The lowest BCUT2D eigenvalue weighted by Crippen LogP contribution is -2.43. The molecule has 1 saturated carbocycles. The summed E-state index contributed by atoms with van der Waals surface area (Å²) in [6, 6.07) is 16.8. The monoisotopic (exact) mass is 491 g/mol.